The number of rotatable bonds is 8. The number of methoxy groups -OCH3 is 2. The van der Waals surface area contributed by atoms with Crippen LogP contribution in [-0.4, -0.2) is 26.7 Å². The van der Waals surface area contributed by atoms with Gasteiger partial charge in [-0.1, -0.05) is 37.6 Å². The van der Waals surface area contributed by atoms with Crippen molar-refractivity contribution in [1.82, 2.24) is 0 Å². The van der Waals surface area contributed by atoms with E-state index in [0.717, 1.165) is 5.56 Å². The Balaban J connectivity index is 2.14. The average molecular weight is 390 g/mol. The monoisotopic (exact) mass is 389 g/mol. The van der Waals surface area contributed by atoms with Gasteiger partial charge in [-0.25, -0.2) is 0 Å². The van der Waals surface area contributed by atoms with E-state index in [9.17, 15) is 4.79 Å². The third-order valence-electron chi connectivity index (χ3n) is 3.60. The minimum atomic E-state index is -0.283. The number of carbonyl (C=O) groups excluding carboxylic acids is 1. The van der Waals surface area contributed by atoms with Crippen LogP contribution in [0.25, 0.3) is 6.08 Å². The highest BCUT2D eigenvalue weighted by Gasteiger charge is 2.12. The Hall–Kier alpha value is -2.66. The lowest BCUT2D eigenvalue weighted by Crippen LogP contribution is -2.08. The highest BCUT2D eigenvalue weighted by Crippen LogP contribution is 2.37. The maximum absolute atomic E-state index is 12.2. The third kappa shape index (κ3) is 5.93. The van der Waals surface area contributed by atoms with Gasteiger partial charge in [0.2, 0.25) is 5.91 Å². The molecule has 1 amide bonds. The van der Waals surface area contributed by atoms with E-state index in [2.05, 4.69) is 19.2 Å². The zero-order valence-electron chi connectivity index (χ0n) is 15.9. The molecule has 144 valence electrons. The van der Waals surface area contributed by atoms with Crippen molar-refractivity contribution >= 4 is 29.3 Å². The minimum Gasteiger partial charge on any atom is -0.495 e. The molecule has 27 heavy (non-hydrogen) atoms. The highest BCUT2D eigenvalue weighted by molar-refractivity contribution is 6.32. The van der Waals surface area contributed by atoms with Gasteiger partial charge in [0.15, 0.2) is 11.5 Å². The number of anilines is 1. The van der Waals surface area contributed by atoms with E-state index in [1.165, 1.54) is 6.08 Å². The molecule has 0 fully saturated rings. The SMILES string of the molecule is COc1ccccc1NC(=O)/C=C/c1cc(Cl)c(OCC(C)C)c(OC)c1. The third-order valence-corrected chi connectivity index (χ3v) is 3.89. The van der Waals surface area contributed by atoms with Gasteiger partial charge in [0.25, 0.3) is 0 Å². The molecule has 0 aromatic heterocycles. The summed E-state index contributed by atoms with van der Waals surface area (Å²) in [6.45, 7) is 4.64. The molecule has 2 rings (SSSR count). The number of halogens is 1. The number of para-hydroxylation sites is 2. The molecule has 0 bridgehead atoms. The lowest BCUT2D eigenvalue weighted by Gasteiger charge is -2.14. The molecule has 0 radical (unpaired) electrons. The van der Waals surface area contributed by atoms with Crippen molar-refractivity contribution < 1.29 is 19.0 Å². The Kier molecular flexibility index (Phi) is 7.55. The van der Waals surface area contributed by atoms with E-state index < -0.39 is 0 Å². The second kappa shape index (κ2) is 9.88. The fourth-order valence-electron chi connectivity index (χ4n) is 2.32. The van der Waals surface area contributed by atoms with E-state index in [0.29, 0.717) is 40.5 Å². The van der Waals surface area contributed by atoms with Crippen LogP contribution < -0.4 is 19.5 Å². The maximum atomic E-state index is 12.2. The van der Waals surface area contributed by atoms with Gasteiger partial charge in [0, 0.05) is 6.08 Å². The number of hydrogen-bond donors (Lipinski definition) is 1. The second-order valence-electron chi connectivity index (χ2n) is 6.26. The van der Waals surface area contributed by atoms with Crippen molar-refractivity contribution in [3.63, 3.8) is 0 Å². The van der Waals surface area contributed by atoms with Crippen LogP contribution in [0.3, 0.4) is 0 Å². The van der Waals surface area contributed by atoms with Gasteiger partial charge in [-0.05, 0) is 41.8 Å². The van der Waals surface area contributed by atoms with E-state index in [4.69, 9.17) is 25.8 Å². The maximum Gasteiger partial charge on any atom is 0.248 e. The zero-order chi connectivity index (χ0) is 19.8. The normalized spacial score (nSPS) is 10.9. The summed E-state index contributed by atoms with van der Waals surface area (Å²) < 4.78 is 16.3. The fourth-order valence-corrected chi connectivity index (χ4v) is 2.59. The van der Waals surface area contributed by atoms with Crippen LogP contribution >= 0.6 is 11.6 Å². The van der Waals surface area contributed by atoms with Gasteiger partial charge in [0.05, 0.1) is 31.5 Å². The predicted molar refractivity (Wildman–Crippen MR) is 109 cm³/mol. The van der Waals surface area contributed by atoms with Crippen molar-refractivity contribution in [2.75, 3.05) is 26.1 Å². The molecular formula is C21H24ClNO4. The molecule has 0 spiro atoms. The van der Waals surface area contributed by atoms with Crippen molar-refractivity contribution in [3.05, 3.63) is 53.1 Å². The molecule has 0 aliphatic carbocycles. The molecule has 6 heteroatoms. The summed E-state index contributed by atoms with van der Waals surface area (Å²) >= 11 is 6.33. The summed E-state index contributed by atoms with van der Waals surface area (Å²) in [7, 11) is 3.10. The molecule has 2 aromatic carbocycles. The van der Waals surface area contributed by atoms with Crippen molar-refractivity contribution in [3.8, 4) is 17.2 Å². The van der Waals surface area contributed by atoms with Crippen LogP contribution in [0.5, 0.6) is 17.2 Å². The number of carbonyl (C=O) groups is 1. The molecule has 1 N–H and O–H groups in total. The highest BCUT2D eigenvalue weighted by atomic mass is 35.5. The molecule has 0 saturated carbocycles. The van der Waals surface area contributed by atoms with E-state index in [1.807, 2.05) is 12.1 Å². The summed E-state index contributed by atoms with van der Waals surface area (Å²) in [6.07, 6.45) is 3.08. The molecule has 0 saturated heterocycles. The fraction of sp³-hybridized carbons (Fsp3) is 0.286. The summed E-state index contributed by atoms with van der Waals surface area (Å²) in [6, 6.07) is 10.7. The Bertz CT molecular complexity index is 818. The van der Waals surface area contributed by atoms with Crippen LogP contribution in [-0.2, 0) is 4.79 Å². The molecule has 0 atom stereocenters. The lowest BCUT2D eigenvalue weighted by molar-refractivity contribution is -0.111. The van der Waals surface area contributed by atoms with Crippen LogP contribution in [0.4, 0.5) is 5.69 Å². The Labute approximate surface area is 164 Å². The molecule has 0 unspecified atom stereocenters. The Morgan fingerprint density at radius 1 is 1.15 bits per heavy atom. The first-order chi connectivity index (χ1) is 12.9. The topological polar surface area (TPSA) is 56.8 Å². The molecule has 5 nitrogen and oxygen atoms in total. The molecule has 0 aliphatic heterocycles. The first-order valence-electron chi connectivity index (χ1n) is 8.57. The lowest BCUT2D eigenvalue weighted by atomic mass is 10.1. The van der Waals surface area contributed by atoms with Gasteiger partial charge >= 0.3 is 0 Å². The van der Waals surface area contributed by atoms with Crippen LogP contribution in [0.2, 0.25) is 5.02 Å². The largest absolute Gasteiger partial charge is 0.495 e. The van der Waals surface area contributed by atoms with E-state index >= 15 is 0 Å². The minimum absolute atomic E-state index is 0.283. The van der Waals surface area contributed by atoms with Crippen LogP contribution in [0.15, 0.2) is 42.5 Å². The number of hydrogen-bond acceptors (Lipinski definition) is 4. The molecule has 0 heterocycles. The number of nitrogens with one attached hydrogen (secondary N) is 1. The second-order valence-corrected chi connectivity index (χ2v) is 6.67. The van der Waals surface area contributed by atoms with Crippen molar-refractivity contribution in [2.45, 2.75) is 13.8 Å². The standard InChI is InChI=1S/C21H24ClNO4/c1-14(2)13-27-21-16(22)11-15(12-19(21)26-4)9-10-20(24)23-17-7-5-6-8-18(17)25-3/h5-12,14H,13H2,1-4H3,(H,23,24)/b10-9+. The predicted octanol–water partition coefficient (Wildman–Crippen LogP) is 5.04. The first-order valence-corrected chi connectivity index (χ1v) is 8.94. The molecular weight excluding hydrogens is 366 g/mol. The molecule has 2 aromatic rings. The first kappa shape index (κ1) is 20.6. The van der Waals surface area contributed by atoms with Gasteiger partial charge < -0.3 is 19.5 Å². The number of benzene rings is 2. The molecule has 0 aliphatic rings. The average Bonchev–Trinajstić information content (AvgIpc) is 2.65. The smallest absolute Gasteiger partial charge is 0.248 e. The summed E-state index contributed by atoms with van der Waals surface area (Å²) in [4.78, 5) is 12.2. The Morgan fingerprint density at radius 2 is 1.85 bits per heavy atom. The quantitative estimate of drug-likeness (QED) is 0.642. The van der Waals surface area contributed by atoms with Crippen molar-refractivity contribution in [1.29, 1.82) is 0 Å². The van der Waals surface area contributed by atoms with Gasteiger partial charge in [-0.15, -0.1) is 0 Å². The number of amides is 1. The number of ether oxygens (including phenoxy) is 3. The summed E-state index contributed by atoms with van der Waals surface area (Å²) in [5.41, 5.74) is 1.33. The van der Waals surface area contributed by atoms with Gasteiger partial charge in [-0.3, -0.25) is 4.79 Å². The van der Waals surface area contributed by atoms with Crippen LogP contribution in [0.1, 0.15) is 19.4 Å². The van der Waals surface area contributed by atoms with E-state index in [1.54, 1.807) is 44.6 Å². The van der Waals surface area contributed by atoms with Crippen LogP contribution in [0, 0.1) is 5.92 Å². The van der Waals surface area contributed by atoms with Gasteiger partial charge in [0.1, 0.15) is 5.75 Å². The summed E-state index contributed by atoms with van der Waals surface area (Å²) in [5, 5.41) is 3.21. The Morgan fingerprint density at radius 3 is 2.52 bits per heavy atom. The zero-order valence-corrected chi connectivity index (χ0v) is 16.7. The van der Waals surface area contributed by atoms with E-state index in [-0.39, 0.29) is 5.91 Å². The summed E-state index contributed by atoms with van der Waals surface area (Å²) in [5.74, 6) is 1.70. The van der Waals surface area contributed by atoms with Gasteiger partial charge in [-0.2, -0.15) is 0 Å². The van der Waals surface area contributed by atoms with Crippen molar-refractivity contribution in [2.24, 2.45) is 5.92 Å².